The van der Waals surface area contributed by atoms with Gasteiger partial charge in [-0.2, -0.15) is 10.2 Å². The van der Waals surface area contributed by atoms with Crippen molar-refractivity contribution in [3.8, 4) is 22.4 Å². The minimum Gasteiger partial charge on any atom is -0.497 e. The average molecular weight is 351 g/mol. The number of hydrogen-bond donors (Lipinski definition) is 2. The molecular formula is C18H17N5OS. The van der Waals surface area contributed by atoms with Crippen LogP contribution in [0.4, 0.5) is 11.8 Å². The van der Waals surface area contributed by atoms with Crippen molar-refractivity contribution in [3.05, 3.63) is 52.9 Å². The van der Waals surface area contributed by atoms with Gasteiger partial charge in [0.15, 0.2) is 0 Å². The zero-order valence-corrected chi connectivity index (χ0v) is 14.5. The molecule has 3 N–H and O–H groups in total. The van der Waals surface area contributed by atoms with E-state index in [1.165, 1.54) is 11.3 Å². The molecule has 0 aliphatic rings. The maximum Gasteiger partial charge on any atom is 0.222 e. The van der Waals surface area contributed by atoms with Gasteiger partial charge in [0.25, 0.3) is 0 Å². The van der Waals surface area contributed by atoms with Crippen LogP contribution in [-0.4, -0.2) is 23.6 Å². The molecule has 1 aromatic carbocycles. The number of nitriles is 1. The Balaban J connectivity index is 1.76. The Labute approximate surface area is 149 Å². The Morgan fingerprint density at radius 3 is 2.68 bits per heavy atom. The minimum absolute atomic E-state index is 0.148. The lowest BCUT2D eigenvalue weighted by Gasteiger charge is -2.11. The number of benzene rings is 1. The van der Waals surface area contributed by atoms with Gasteiger partial charge in [-0.25, -0.2) is 4.98 Å². The third-order valence-electron chi connectivity index (χ3n) is 3.66. The van der Waals surface area contributed by atoms with Gasteiger partial charge in [0, 0.05) is 6.54 Å². The van der Waals surface area contributed by atoms with E-state index < -0.39 is 0 Å². The minimum atomic E-state index is 0.148. The van der Waals surface area contributed by atoms with Crippen LogP contribution in [0, 0.1) is 11.3 Å². The van der Waals surface area contributed by atoms with Crippen molar-refractivity contribution < 1.29 is 4.74 Å². The molecule has 2 aromatic heterocycles. The smallest absolute Gasteiger partial charge is 0.222 e. The number of methoxy groups -OCH3 is 1. The molecule has 0 fully saturated rings. The lowest BCUT2D eigenvalue weighted by molar-refractivity contribution is 0.414. The van der Waals surface area contributed by atoms with E-state index in [1.54, 1.807) is 7.11 Å². The Bertz CT molecular complexity index is 885. The van der Waals surface area contributed by atoms with Crippen LogP contribution < -0.4 is 15.8 Å². The highest BCUT2D eigenvalue weighted by molar-refractivity contribution is 7.13. The molecule has 0 saturated carbocycles. The molecule has 0 amide bonds. The highest BCUT2D eigenvalue weighted by Gasteiger charge is 2.15. The summed E-state index contributed by atoms with van der Waals surface area (Å²) in [5, 5.41) is 14.7. The molecule has 25 heavy (non-hydrogen) atoms. The number of hydrogen-bond acceptors (Lipinski definition) is 7. The number of nitrogens with one attached hydrogen (secondary N) is 1. The second-order valence-electron chi connectivity index (χ2n) is 5.27. The molecule has 0 radical (unpaired) electrons. The van der Waals surface area contributed by atoms with Crippen LogP contribution in [-0.2, 0) is 6.42 Å². The van der Waals surface area contributed by atoms with E-state index in [2.05, 4.69) is 21.4 Å². The lowest BCUT2D eigenvalue weighted by atomic mass is 10.1. The van der Waals surface area contributed by atoms with E-state index in [4.69, 9.17) is 10.5 Å². The number of thiophene rings is 1. The first kappa shape index (κ1) is 16.7. The van der Waals surface area contributed by atoms with E-state index in [0.29, 0.717) is 23.6 Å². The van der Waals surface area contributed by atoms with Gasteiger partial charge >= 0.3 is 0 Å². The van der Waals surface area contributed by atoms with Gasteiger partial charge in [-0.05, 0) is 35.6 Å². The number of nitrogens with zero attached hydrogens (tertiary/aromatic N) is 3. The highest BCUT2D eigenvalue weighted by Crippen LogP contribution is 2.29. The molecule has 0 bridgehead atoms. The Morgan fingerprint density at radius 2 is 2.04 bits per heavy atom. The third-order valence-corrected chi connectivity index (χ3v) is 4.53. The predicted molar refractivity (Wildman–Crippen MR) is 99.7 cm³/mol. The number of rotatable bonds is 6. The fourth-order valence-corrected chi connectivity index (χ4v) is 3.14. The average Bonchev–Trinajstić information content (AvgIpc) is 3.16. The van der Waals surface area contributed by atoms with Crippen molar-refractivity contribution in [2.75, 3.05) is 24.7 Å². The van der Waals surface area contributed by atoms with Gasteiger partial charge in [-0.1, -0.05) is 18.2 Å². The zero-order chi connectivity index (χ0) is 17.6. The van der Waals surface area contributed by atoms with Crippen molar-refractivity contribution in [2.24, 2.45) is 0 Å². The normalized spacial score (nSPS) is 10.2. The van der Waals surface area contributed by atoms with Crippen LogP contribution in [0.25, 0.3) is 10.6 Å². The van der Waals surface area contributed by atoms with Crippen molar-refractivity contribution in [2.45, 2.75) is 6.42 Å². The summed E-state index contributed by atoms with van der Waals surface area (Å²) < 4.78 is 5.15. The summed E-state index contributed by atoms with van der Waals surface area (Å²) in [4.78, 5) is 9.32. The molecular weight excluding hydrogens is 334 g/mol. The molecule has 0 saturated heterocycles. The van der Waals surface area contributed by atoms with Crippen molar-refractivity contribution >= 4 is 23.1 Å². The fraction of sp³-hybridized carbons (Fsp3) is 0.167. The molecule has 7 heteroatoms. The molecule has 0 aliphatic heterocycles. The molecule has 3 rings (SSSR count). The van der Waals surface area contributed by atoms with Crippen LogP contribution in [0.2, 0.25) is 0 Å². The Morgan fingerprint density at radius 1 is 1.24 bits per heavy atom. The van der Waals surface area contributed by atoms with Crippen molar-refractivity contribution in [1.29, 1.82) is 5.26 Å². The van der Waals surface area contributed by atoms with E-state index in [9.17, 15) is 5.26 Å². The van der Waals surface area contributed by atoms with Crippen LogP contribution >= 0.6 is 11.3 Å². The summed E-state index contributed by atoms with van der Waals surface area (Å²) in [5.41, 5.74) is 7.96. The van der Waals surface area contributed by atoms with Gasteiger partial charge in [0.1, 0.15) is 28.9 Å². The summed E-state index contributed by atoms with van der Waals surface area (Å²) in [6.45, 7) is 0.626. The first-order valence-electron chi connectivity index (χ1n) is 7.69. The number of nitrogens with two attached hydrogens (primary N) is 1. The van der Waals surface area contributed by atoms with Gasteiger partial charge in [0.05, 0.1) is 12.0 Å². The van der Waals surface area contributed by atoms with E-state index in [1.807, 2.05) is 41.8 Å². The second-order valence-corrected chi connectivity index (χ2v) is 6.22. The number of anilines is 2. The second kappa shape index (κ2) is 7.64. The fourth-order valence-electron chi connectivity index (χ4n) is 2.42. The topological polar surface area (TPSA) is 96.8 Å². The predicted octanol–water partition coefficient (Wildman–Crippen LogP) is 3.32. The van der Waals surface area contributed by atoms with Gasteiger partial charge in [-0.3, -0.25) is 0 Å². The molecule has 0 unspecified atom stereocenters. The molecule has 0 atom stereocenters. The SMILES string of the molecule is COc1ccc(CCNc2nc(N)nc(-c3cccs3)c2C#N)cc1. The van der Waals surface area contributed by atoms with Gasteiger partial charge < -0.3 is 15.8 Å². The van der Waals surface area contributed by atoms with Crippen LogP contribution in [0.1, 0.15) is 11.1 Å². The monoisotopic (exact) mass is 351 g/mol. The van der Waals surface area contributed by atoms with E-state index in [-0.39, 0.29) is 5.95 Å². The summed E-state index contributed by atoms with van der Waals surface area (Å²) in [6, 6.07) is 13.9. The van der Waals surface area contributed by atoms with Crippen molar-refractivity contribution in [1.82, 2.24) is 9.97 Å². The van der Waals surface area contributed by atoms with E-state index in [0.717, 1.165) is 22.6 Å². The number of aromatic nitrogens is 2. The third kappa shape index (κ3) is 3.87. The Hall–Kier alpha value is -3.11. The molecule has 0 aliphatic carbocycles. The highest BCUT2D eigenvalue weighted by atomic mass is 32.1. The molecule has 3 aromatic rings. The van der Waals surface area contributed by atoms with Crippen LogP contribution in [0.3, 0.4) is 0 Å². The molecule has 0 spiro atoms. The number of ether oxygens (including phenoxy) is 1. The quantitative estimate of drug-likeness (QED) is 0.707. The Kier molecular flexibility index (Phi) is 5.11. The standard InChI is InChI=1S/C18H17N5OS/c1-24-13-6-4-12(5-7-13)8-9-21-17-14(11-19)16(22-18(20)23-17)15-3-2-10-25-15/h2-7,10H,8-9H2,1H3,(H3,20,21,22,23). The summed E-state index contributed by atoms with van der Waals surface area (Å²) >= 11 is 1.51. The summed E-state index contributed by atoms with van der Waals surface area (Å²) in [6.07, 6.45) is 0.785. The molecule has 2 heterocycles. The molecule has 126 valence electrons. The van der Waals surface area contributed by atoms with Gasteiger partial charge in [-0.15, -0.1) is 11.3 Å². The van der Waals surface area contributed by atoms with Crippen LogP contribution in [0.5, 0.6) is 5.75 Å². The maximum atomic E-state index is 9.54. The lowest BCUT2D eigenvalue weighted by Crippen LogP contribution is -2.11. The summed E-state index contributed by atoms with van der Waals surface area (Å²) in [5.74, 6) is 1.44. The first-order valence-corrected chi connectivity index (χ1v) is 8.57. The zero-order valence-electron chi connectivity index (χ0n) is 13.7. The van der Waals surface area contributed by atoms with Gasteiger partial charge in [0.2, 0.25) is 5.95 Å². The van der Waals surface area contributed by atoms with Crippen molar-refractivity contribution in [3.63, 3.8) is 0 Å². The number of nitrogen functional groups attached to an aromatic ring is 1. The van der Waals surface area contributed by atoms with Crippen LogP contribution in [0.15, 0.2) is 41.8 Å². The first-order chi connectivity index (χ1) is 12.2. The van der Waals surface area contributed by atoms with E-state index >= 15 is 0 Å². The maximum absolute atomic E-state index is 9.54. The summed E-state index contributed by atoms with van der Waals surface area (Å²) in [7, 11) is 1.64. The molecule has 6 nitrogen and oxygen atoms in total. The largest absolute Gasteiger partial charge is 0.497 e.